The summed E-state index contributed by atoms with van der Waals surface area (Å²) in [5.41, 5.74) is 2.52. The molecule has 0 radical (unpaired) electrons. The van der Waals surface area contributed by atoms with Gasteiger partial charge in [-0.05, 0) is 42.0 Å². The first-order chi connectivity index (χ1) is 6.81. The van der Waals surface area contributed by atoms with Crippen LogP contribution in [-0.2, 0) is 4.74 Å². The van der Waals surface area contributed by atoms with Crippen molar-refractivity contribution in [1.82, 2.24) is 0 Å². The standard InChI is InChI=1S/C12H13ClO/c1-14-8-12(9-2-3-9)10-4-6-11(13)7-5-10/h4-9H,2-3H2,1H3/b12-8-. The molecule has 0 unspecified atom stereocenters. The molecule has 0 N–H and O–H groups in total. The minimum Gasteiger partial charge on any atom is -0.504 e. The number of ether oxygens (including phenoxy) is 1. The van der Waals surface area contributed by atoms with Gasteiger partial charge in [0.2, 0.25) is 0 Å². The van der Waals surface area contributed by atoms with Crippen molar-refractivity contribution in [3.8, 4) is 0 Å². The number of benzene rings is 1. The Balaban J connectivity index is 2.26. The number of halogens is 1. The largest absolute Gasteiger partial charge is 0.504 e. The lowest BCUT2D eigenvalue weighted by Crippen LogP contribution is -1.87. The molecule has 1 nitrogen and oxygen atoms in total. The first kappa shape index (κ1) is 9.60. The molecule has 0 bridgehead atoms. The van der Waals surface area contributed by atoms with E-state index in [0.29, 0.717) is 5.92 Å². The van der Waals surface area contributed by atoms with Crippen LogP contribution in [0.3, 0.4) is 0 Å². The summed E-state index contributed by atoms with van der Waals surface area (Å²) in [6.45, 7) is 0. The van der Waals surface area contributed by atoms with Gasteiger partial charge in [-0.1, -0.05) is 23.7 Å². The van der Waals surface area contributed by atoms with Gasteiger partial charge in [-0.25, -0.2) is 0 Å². The Kier molecular flexibility index (Phi) is 2.78. The van der Waals surface area contributed by atoms with E-state index in [9.17, 15) is 0 Å². The van der Waals surface area contributed by atoms with Crippen LogP contribution in [-0.4, -0.2) is 7.11 Å². The lowest BCUT2D eigenvalue weighted by Gasteiger charge is -2.05. The highest BCUT2D eigenvalue weighted by Crippen LogP contribution is 2.41. The van der Waals surface area contributed by atoms with Gasteiger partial charge in [0, 0.05) is 5.02 Å². The molecular weight excluding hydrogens is 196 g/mol. The minimum absolute atomic E-state index is 0.691. The Hall–Kier alpha value is -0.950. The fourth-order valence-electron chi connectivity index (χ4n) is 1.56. The number of rotatable bonds is 3. The van der Waals surface area contributed by atoms with Crippen molar-refractivity contribution >= 4 is 17.2 Å². The van der Waals surface area contributed by atoms with Gasteiger partial charge in [-0.15, -0.1) is 0 Å². The molecule has 0 atom stereocenters. The second-order valence-corrected chi connectivity index (χ2v) is 4.03. The zero-order valence-electron chi connectivity index (χ0n) is 8.16. The van der Waals surface area contributed by atoms with E-state index in [2.05, 4.69) is 0 Å². The van der Waals surface area contributed by atoms with Crippen LogP contribution in [0.15, 0.2) is 30.5 Å². The van der Waals surface area contributed by atoms with Gasteiger partial charge < -0.3 is 4.74 Å². The fourth-order valence-corrected chi connectivity index (χ4v) is 1.69. The van der Waals surface area contributed by atoms with Crippen molar-refractivity contribution in [2.24, 2.45) is 5.92 Å². The van der Waals surface area contributed by atoms with Crippen molar-refractivity contribution in [2.45, 2.75) is 12.8 Å². The normalized spacial score (nSPS) is 16.9. The highest BCUT2D eigenvalue weighted by molar-refractivity contribution is 6.30. The molecule has 0 saturated heterocycles. The monoisotopic (exact) mass is 208 g/mol. The van der Waals surface area contributed by atoms with Crippen molar-refractivity contribution in [2.75, 3.05) is 7.11 Å². The van der Waals surface area contributed by atoms with E-state index in [1.54, 1.807) is 7.11 Å². The molecule has 1 aliphatic rings. The van der Waals surface area contributed by atoms with Crippen LogP contribution in [0.25, 0.3) is 5.57 Å². The Morgan fingerprint density at radius 3 is 2.50 bits per heavy atom. The van der Waals surface area contributed by atoms with E-state index < -0.39 is 0 Å². The van der Waals surface area contributed by atoms with E-state index in [-0.39, 0.29) is 0 Å². The molecule has 2 rings (SSSR count). The average Bonchev–Trinajstić information content (AvgIpc) is 2.99. The van der Waals surface area contributed by atoms with Crippen LogP contribution in [0.5, 0.6) is 0 Å². The Labute approximate surface area is 89.3 Å². The molecule has 1 saturated carbocycles. The molecule has 0 spiro atoms. The van der Waals surface area contributed by atoms with E-state index in [1.807, 2.05) is 30.5 Å². The van der Waals surface area contributed by atoms with Gasteiger partial charge in [0.15, 0.2) is 0 Å². The van der Waals surface area contributed by atoms with Crippen molar-refractivity contribution < 1.29 is 4.74 Å². The summed E-state index contributed by atoms with van der Waals surface area (Å²) in [5.74, 6) is 0.691. The number of hydrogen-bond donors (Lipinski definition) is 0. The maximum absolute atomic E-state index is 5.84. The molecule has 1 aromatic rings. The van der Waals surface area contributed by atoms with Gasteiger partial charge in [-0.2, -0.15) is 0 Å². The van der Waals surface area contributed by atoms with Crippen LogP contribution in [0.1, 0.15) is 18.4 Å². The first-order valence-corrected chi connectivity index (χ1v) is 5.18. The second kappa shape index (κ2) is 4.05. The molecule has 74 valence electrons. The molecular formula is C12H13ClO. The number of hydrogen-bond acceptors (Lipinski definition) is 1. The minimum atomic E-state index is 0.691. The lowest BCUT2D eigenvalue weighted by atomic mass is 10.0. The summed E-state index contributed by atoms with van der Waals surface area (Å²) in [6, 6.07) is 7.93. The molecule has 2 heteroatoms. The molecule has 1 fully saturated rings. The first-order valence-electron chi connectivity index (χ1n) is 4.80. The molecule has 1 aliphatic carbocycles. The molecule has 0 aliphatic heterocycles. The zero-order valence-corrected chi connectivity index (χ0v) is 8.92. The summed E-state index contributed by atoms with van der Waals surface area (Å²) in [5, 5.41) is 0.779. The Bertz CT molecular complexity index is 336. The summed E-state index contributed by atoms with van der Waals surface area (Å²) >= 11 is 5.84. The summed E-state index contributed by atoms with van der Waals surface area (Å²) in [4.78, 5) is 0. The predicted octanol–water partition coefficient (Wildman–Crippen LogP) is 3.74. The van der Waals surface area contributed by atoms with Crippen LogP contribution >= 0.6 is 11.6 Å². The van der Waals surface area contributed by atoms with E-state index >= 15 is 0 Å². The summed E-state index contributed by atoms with van der Waals surface area (Å²) in [7, 11) is 1.69. The lowest BCUT2D eigenvalue weighted by molar-refractivity contribution is 0.338. The van der Waals surface area contributed by atoms with E-state index in [0.717, 1.165) is 5.02 Å². The number of allylic oxidation sites excluding steroid dienone is 1. The molecule has 0 amide bonds. The third-order valence-corrected chi connectivity index (χ3v) is 2.69. The van der Waals surface area contributed by atoms with Crippen LogP contribution in [0.2, 0.25) is 5.02 Å². The highest BCUT2D eigenvalue weighted by Gasteiger charge is 2.27. The van der Waals surface area contributed by atoms with Crippen molar-refractivity contribution in [1.29, 1.82) is 0 Å². The van der Waals surface area contributed by atoms with Crippen LogP contribution < -0.4 is 0 Å². The van der Waals surface area contributed by atoms with E-state index in [1.165, 1.54) is 24.0 Å². The summed E-state index contributed by atoms with van der Waals surface area (Å²) in [6.07, 6.45) is 4.40. The average molecular weight is 209 g/mol. The topological polar surface area (TPSA) is 9.23 Å². The van der Waals surface area contributed by atoms with Gasteiger partial charge in [0.25, 0.3) is 0 Å². The number of methoxy groups -OCH3 is 1. The molecule has 14 heavy (non-hydrogen) atoms. The smallest absolute Gasteiger partial charge is 0.0865 e. The predicted molar refractivity (Wildman–Crippen MR) is 59.2 cm³/mol. The van der Waals surface area contributed by atoms with Gasteiger partial charge in [-0.3, -0.25) is 0 Å². The highest BCUT2D eigenvalue weighted by atomic mass is 35.5. The molecule has 1 aromatic carbocycles. The SMILES string of the molecule is CO/C=C(\c1ccc(Cl)cc1)C1CC1. The summed E-state index contributed by atoms with van der Waals surface area (Å²) < 4.78 is 5.09. The van der Waals surface area contributed by atoms with Crippen LogP contribution in [0, 0.1) is 5.92 Å². The quantitative estimate of drug-likeness (QED) is 0.688. The Morgan fingerprint density at radius 1 is 1.36 bits per heavy atom. The van der Waals surface area contributed by atoms with E-state index in [4.69, 9.17) is 16.3 Å². The van der Waals surface area contributed by atoms with Gasteiger partial charge in [0.1, 0.15) is 0 Å². The van der Waals surface area contributed by atoms with Crippen molar-refractivity contribution in [3.05, 3.63) is 41.1 Å². The maximum atomic E-state index is 5.84. The Morgan fingerprint density at radius 2 is 2.00 bits per heavy atom. The third-order valence-electron chi connectivity index (χ3n) is 2.44. The third kappa shape index (κ3) is 2.10. The molecule has 0 aromatic heterocycles. The second-order valence-electron chi connectivity index (χ2n) is 3.59. The molecule has 0 heterocycles. The van der Waals surface area contributed by atoms with Crippen LogP contribution in [0.4, 0.5) is 0 Å². The van der Waals surface area contributed by atoms with Crippen molar-refractivity contribution in [3.63, 3.8) is 0 Å². The zero-order chi connectivity index (χ0) is 9.97. The fraction of sp³-hybridized carbons (Fsp3) is 0.333. The maximum Gasteiger partial charge on any atom is 0.0865 e. The van der Waals surface area contributed by atoms with Gasteiger partial charge in [0.05, 0.1) is 13.4 Å². The van der Waals surface area contributed by atoms with Gasteiger partial charge >= 0.3 is 0 Å².